The third-order valence-corrected chi connectivity index (χ3v) is 3.86. The number of amides is 2. The summed E-state index contributed by atoms with van der Waals surface area (Å²) in [6, 6.07) is 4.76. The fourth-order valence-corrected chi connectivity index (χ4v) is 2.21. The molecule has 1 rings (SSSR count). The number of hydrogen-bond donors (Lipinski definition) is 3. The molecule has 0 radical (unpaired) electrons. The lowest BCUT2D eigenvalue weighted by molar-refractivity contribution is 0.160. The highest BCUT2D eigenvalue weighted by Gasteiger charge is 2.14. The van der Waals surface area contributed by atoms with Crippen LogP contribution in [0.3, 0.4) is 0 Å². The fraction of sp³-hybridized carbons (Fsp3) is 0.500. The van der Waals surface area contributed by atoms with Crippen molar-refractivity contribution >= 4 is 29.2 Å². The van der Waals surface area contributed by atoms with Crippen LogP contribution in [-0.4, -0.2) is 23.8 Å². The minimum absolute atomic E-state index is 0.253. The van der Waals surface area contributed by atoms with Crippen molar-refractivity contribution in [2.75, 3.05) is 6.54 Å². The van der Waals surface area contributed by atoms with Gasteiger partial charge in [0.2, 0.25) is 0 Å². The van der Waals surface area contributed by atoms with Crippen LogP contribution >= 0.6 is 23.2 Å². The SMILES string of the molecule is CCC(O)CCNC(=O)NC(C)c1cccc(Cl)c1Cl. The van der Waals surface area contributed by atoms with Gasteiger partial charge in [-0.1, -0.05) is 42.3 Å². The Morgan fingerprint density at radius 1 is 1.40 bits per heavy atom. The summed E-state index contributed by atoms with van der Waals surface area (Å²) in [4.78, 5) is 11.7. The molecule has 0 spiro atoms. The standard InChI is InChI=1S/C14H20Cl2N2O2/c1-3-10(19)7-8-17-14(20)18-9(2)11-5-4-6-12(15)13(11)16/h4-6,9-10,19H,3,7-8H2,1-2H3,(H2,17,18,20). The summed E-state index contributed by atoms with van der Waals surface area (Å²) in [7, 11) is 0. The van der Waals surface area contributed by atoms with E-state index in [1.54, 1.807) is 12.1 Å². The highest BCUT2D eigenvalue weighted by molar-refractivity contribution is 6.42. The minimum Gasteiger partial charge on any atom is -0.393 e. The van der Waals surface area contributed by atoms with Crippen molar-refractivity contribution in [3.05, 3.63) is 33.8 Å². The molecule has 2 unspecified atom stereocenters. The Morgan fingerprint density at radius 2 is 2.10 bits per heavy atom. The first-order chi connectivity index (χ1) is 9.45. The first-order valence-corrected chi connectivity index (χ1v) is 7.37. The molecule has 0 aliphatic rings. The van der Waals surface area contributed by atoms with E-state index in [-0.39, 0.29) is 18.2 Å². The van der Waals surface area contributed by atoms with Gasteiger partial charge in [0.25, 0.3) is 0 Å². The van der Waals surface area contributed by atoms with Crippen LogP contribution in [0.25, 0.3) is 0 Å². The number of hydrogen-bond acceptors (Lipinski definition) is 2. The average molecular weight is 319 g/mol. The molecule has 0 saturated heterocycles. The Balaban J connectivity index is 2.47. The number of aliphatic hydroxyl groups excluding tert-OH is 1. The first kappa shape index (κ1) is 17.1. The van der Waals surface area contributed by atoms with Crippen LogP contribution in [0, 0.1) is 0 Å². The number of halogens is 2. The quantitative estimate of drug-likeness (QED) is 0.751. The molecule has 0 aromatic heterocycles. The van der Waals surface area contributed by atoms with Gasteiger partial charge in [0.05, 0.1) is 22.2 Å². The van der Waals surface area contributed by atoms with Gasteiger partial charge in [-0.3, -0.25) is 0 Å². The molecule has 3 N–H and O–H groups in total. The molecular formula is C14H20Cl2N2O2. The van der Waals surface area contributed by atoms with Crippen molar-refractivity contribution in [3.8, 4) is 0 Å². The van der Waals surface area contributed by atoms with Crippen LogP contribution in [0.15, 0.2) is 18.2 Å². The molecule has 0 aliphatic heterocycles. The second kappa shape index (κ2) is 8.35. The van der Waals surface area contributed by atoms with Gasteiger partial charge in [0, 0.05) is 6.54 Å². The molecule has 1 aromatic rings. The monoisotopic (exact) mass is 318 g/mol. The van der Waals surface area contributed by atoms with E-state index in [1.807, 2.05) is 19.9 Å². The molecule has 0 heterocycles. The van der Waals surface area contributed by atoms with E-state index in [9.17, 15) is 9.90 Å². The maximum Gasteiger partial charge on any atom is 0.315 e. The van der Waals surface area contributed by atoms with E-state index < -0.39 is 0 Å². The second-order valence-corrected chi connectivity index (χ2v) is 5.40. The number of nitrogens with one attached hydrogen (secondary N) is 2. The summed E-state index contributed by atoms with van der Waals surface area (Å²) in [5.74, 6) is 0. The molecule has 2 amide bonds. The van der Waals surface area contributed by atoms with Crippen LogP contribution in [-0.2, 0) is 0 Å². The zero-order valence-electron chi connectivity index (χ0n) is 11.6. The molecule has 2 atom stereocenters. The molecule has 112 valence electrons. The number of carbonyl (C=O) groups excluding carboxylic acids is 1. The molecule has 20 heavy (non-hydrogen) atoms. The van der Waals surface area contributed by atoms with Gasteiger partial charge in [-0.2, -0.15) is 0 Å². The fourth-order valence-electron chi connectivity index (χ4n) is 1.74. The van der Waals surface area contributed by atoms with Crippen molar-refractivity contribution < 1.29 is 9.90 Å². The van der Waals surface area contributed by atoms with Crippen molar-refractivity contribution in [2.45, 2.75) is 38.8 Å². The minimum atomic E-state index is -0.380. The Labute approximate surface area is 129 Å². The van der Waals surface area contributed by atoms with E-state index in [2.05, 4.69) is 10.6 Å². The van der Waals surface area contributed by atoms with Crippen LogP contribution in [0.5, 0.6) is 0 Å². The van der Waals surface area contributed by atoms with Gasteiger partial charge in [0.15, 0.2) is 0 Å². The van der Waals surface area contributed by atoms with Crippen LogP contribution in [0.4, 0.5) is 4.79 Å². The van der Waals surface area contributed by atoms with Gasteiger partial charge in [-0.05, 0) is 31.4 Å². The lowest BCUT2D eigenvalue weighted by Crippen LogP contribution is -2.38. The predicted octanol–water partition coefficient (Wildman–Crippen LogP) is 3.51. The summed E-state index contributed by atoms with van der Waals surface area (Å²) in [5, 5.41) is 15.8. The number of carbonyl (C=O) groups is 1. The maximum atomic E-state index is 11.7. The smallest absolute Gasteiger partial charge is 0.315 e. The lowest BCUT2D eigenvalue weighted by atomic mass is 10.1. The van der Waals surface area contributed by atoms with E-state index in [0.717, 1.165) is 5.56 Å². The highest BCUT2D eigenvalue weighted by atomic mass is 35.5. The normalized spacial score (nSPS) is 13.7. The van der Waals surface area contributed by atoms with E-state index >= 15 is 0 Å². The maximum absolute atomic E-state index is 11.7. The zero-order valence-corrected chi connectivity index (χ0v) is 13.1. The topological polar surface area (TPSA) is 61.4 Å². The van der Waals surface area contributed by atoms with Crippen molar-refractivity contribution in [1.82, 2.24) is 10.6 Å². The van der Waals surface area contributed by atoms with Gasteiger partial charge in [0.1, 0.15) is 0 Å². The molecule has 0 bridgehead atoms. The Bertz CT molecular complexity index is 455. The van der Waals surface area contributed by atoms with Crippen LogP contribution < -0.4 is 10.6 Å². The van der Waals surface area contributed by atoms with E-state index in [4.69, 9.17) is 23.2 Å². The van der Waals surface area contributed by atoms with Gasteiger partial charge >= 0.3 is 6.03 Å². The molecule has 0 fully saturated rings. The molecule has 1 aromatic carbocycles. The Hall–Kier alpha value is -0.970. The van der Waals surface area contributed by atoms with Gasteiger partial charge in [-0.15, -0.1) is 0 Å². The number of aliphatic hydroxyl groups is 1. The van der Waals surface area contributed by atoms with Gasteiger partial charge in [-0.25, -0.2) is 4.79 Å². The third kappa shape index (κ3) is 5.19. The first-order valence-electron chi connectivity index (χ1n) is 6.62. The Kier molecular flexibility index (Phi) is 7.13. The molecular weight excluding hydrogens is 299 g/mol. The van der Waals surface area contributed by atoms with Crippen LogP contribution in [0.1, 0.15) is 38.3 Å². The average Bonchev–Trinajstić information content (AvgIpc) is 2.41. The number of benzene rings is 1. The van der Waals surface area contributed by atoms with Crippen molar-refractivity contribution in [2.24, 2.45) is 0 Å². The predicted molar refractivity (Wildman–Crippen MR) is 82.3 cm³/mol. The number of rotatable bonds is 6. The summed E-state index contributed by atoms with van der Waals surface area (Å²) in [6.07, 6.45) is 0.837. The zero-order chi connectivity index (χ0) is 15.1. The summed E-state index contributed by atoms with van der Waals surface area (Å²) >= 11 is 12.0. The number of urea groups is 1. The van der Waals surface area contributed by atoms with Gasteiger partial charge < -0.3 is 15.7 Å². The molecule has 4 nitrogen and oxygen atoms in total. The third-order valence-electron chi connectivity index (χ3n) is 3.03. The summed E-state index contributed by atoms with van der Waals surface area (Å²) in [6.45, 7) is 4.16. The van der Waals surface area contributed by atoms with Crippen molar-refractivity contribution in [1.29, 1.82) is 0 Å². The molecule has 6 heteroatoms. The second-order valence-electron chi connectivity index (χ2n) is 4.62. The largest absolute Gasteiger partial charge is 0.393 e. The van der Waals surface area contributed by atoms with E-state index in [1.165, 1.54) is 0 Å². The highest BCUT2D eigenvalue weighted by Crippen LogP contribution is 2.29. The Morgan fingerprint density at radius 3 is 2.75 bits per heavy atom. The van der Waals surface area contributed by atoms with Crippen molar-refractivity contribution in [3.63, 3.8) is 0 Å². The van der Waals surface area contributed by atoms with E-state index in [0.29, 0.717) is 29.4 Å². The van der Waals surface area contributed by atoms with Crippen LogP contribution in [0.2, 0.25) is 10.0 Å². The lowest BCUT2D eigenvalue weighted by Gasteiger charge is -2.17. The molecule has 0 aliphatic carbocycles. The molecule has 0 saturated carbocycles. The summed E-state index contributed by atoms with van der Waals surface area (Å²) < 4.78 is 0. The summed E-state index contributed by atoms with van der Waals surface area (Å²) in [5.41, 5.74) is 0.767.